The molecule has 1 aromatic rings. The van der Waals surface area contributed by atoms with E-state index < -0.39 is 0 Å². The minimum Gasteiger partial charge on any atom is -0.374 e. The van der Waals surface area contributed by atoms with Crippen molar-refractivity contribution < 1.29 is 4.79 Å². The number of anilines is 1. The lowest BCUT2D eigenvalue weighted by atomic mass is 10.1. The number of benzene rings is 1. The second-order valence-corrected chi connectivity index (χ2v) is 5.41. The Labute approximate surface area is 121 Å². The average molecular weight is 275 g/mol. The Kier molecular flexibility index (Phi) is 5.41. The molecule has 4 nitrogen and oxygen atoms in total. The molecule has 0 saturated carbocycles. The zero-order valence-electron chi connectivity index (χ0n) is 12.5. The third-order valence-electron chi connectivity index (χ3n) is 3.70. The fourth-order valence-corrected chi connectivity index (χ4v) is 2.52. The van der Waals surface area contributed by atoms with E-state index in [0.717, 1.165) is 39.0 Å². The first-order valence-electron chi connectivity index (χ1n) is 7.51. The molecule has 20 heavy (non-hydrogen) atoms. The van der Waals surface area contributed by atoms with E-state index in [-0.39, 0.29) is 5.91 Å². The first-order chi connectivity index (χ1) is 9.70. The Morgan fingerprint density at radius 2 is 2.20 bits per heavy atom. The molecule has 110 valence electrons. The molecule has 1 amide bonds. The van der Waals surface area contributed by atoms with Gasteiger partial charge in [0.25, 0.3) is 0 Å². The maximum absolute atomic E-state index is 11.4. The highest BCUT2D eigenvalue weighted by Crippen LogP contribution is 2.27. The minimum atomic E-state index is 0.134. The summed E-state index contributed by atoms with van der Waals surface area (Å²) < 4.78 is 0. The van der Waals surface area contributed by atoms with Crippen molar-refractivity contribution in [2.24, 2.45) is 0 Å². The van der Waals surface area contributed by atoms with Gasteiger partial charge in [-0.25, -0.2) is 0 Å². The van der Waals surface area contributed by atoms with Crippen molar-refractivity contribution in [2.75, 3.05) is 31.6 Å². The van der Waals surface area contributed by atoms with E-state index in [1.54, 1.807) is 0 Å². The van der Waals surface area contributed by atoms with Crippen molar-refractivity contribution in [3.05, 3.63) is 29.3 Å². The number of nitrogens with zero attached hydrogens (tertiary/aromatic N) is 1. The van der Waals surface area contributed by atoms with Crippen LogP contribution in [0.4, 0.5) is 5.69 Å². The summed E-state index contributed by atoms with van der Waals surface area (Å²) in [5.74, 6) is 0.134. The predicted molar refractivity (Wildman–Crippen MR) is 83.0 cm³/mol. The zero-order valence-corrected chi connectivity index (χ0v) is 12.5. The molecule has 0 aliphatic carbocycles. The first-order valence-corrected chi connectivity index (χ1v) is 7.51. The minimum absolute atomic E-state index is 0.134. The van der Waals surface area contributed by atoms with Gasteiger partial charge in [-0.3, -0.25) is 4.79 Å². The van der Waals surface area contributed by atoms with Gasteiger partial charge in [-0.1, -0.05) is 19.1 Å². The van der Waals surface area contributed by atoms with E-state index in [0.29, 0.717) is 6.42 Å². The molecule has 0 bridgehead atoms. The second-order valence-electron chi connectivity index (χ2n) is 5.41. The Bertz CT molecular complexity index is 459. The Morgan fingerprint density at radius 1 is 1.35 bits per heavy atom. The van der Waals surface area contributed by atoms with Gasteiger partial charge in [0.1, 0.15) is 0 Å². The number of nitrogens with one attached hydrogen (secondary N) is 2. The molecule has 0 aromatic heterocycles. The quantitative estimate of drug-likeness (QED) is 0.744. The molecule has 0 saturated heterocycles. The molecule has 0 unspecified atom stereocenters. The van der Waals surface area contributed by atoms with Crippen molar-refractivity contribution in [1.29, 1.82) is 0 Å². The van der Waals surface area contributed by atoms with Crippen LogP contribution < -0.4 is 15.5 Å². The maximum Gasteiger partial charge on any atom is 0.221 e. The fourth-order valence-electron chi connectivity index (χ4n) is 2.52. The van der Waals surface area contributed by atoms with Crippen LogP contribution in [0.5, 0.6) is 0 Å². The number of hydrogen-bond donors (Lipinski definition) is 2. The van der Waals surface area contributed by atoms with E-state index in [1.165, 1.54) is 16.8 Å². The van der Waals surface area contributed by atoms with Gasteiger partial charge in [-0.15, -0.1) is 0 Å². The lowest BCUT2D eigenvalue weighted by Crippen LogP contribution is -2.28. The van der Waals surface area contributed by atoms with E-state index in [1.807, 2.05) is 0 Å². The molecule has 0 spiro atoms. The molecule has 1 heterocycles. The standard InChI is InChI=1S/C16H25N3O/c1-3-8-18-16(20)6-9-17-12-13-4-5-15-14(11-13)7-10-19(15)2/h4-5,11,17H,3,6-10,12H2,1-2H3,(H,18,20). The smallest absolute Gasteiger partial charge is 0.221 e. The number of rotatable bonds is 7. The summed E-state index contributed by atoms with van der Waals surface area (Å²) in [5.41, 5.74) is 4.09. The van der Waals surface area contributed by atoms with Crippen molar-refractivity contribution in [1.82, 2.24) is 10.6 Å². The molecule has 0 fully saturated rings. The van der Waals surface area contributed by atoms with Crippen LogP contribution in [0.25, 0.3) is 0 Å². The normalized spacial score (nSPS) is 13.4. The summed E-state index contributed by atoms with van der Waals surface area (Å²) >= 11 is 0. The van der Waals surface area contributed by atoms with Crippen molar-refractivity contribution in [3.63, 3.8) is 0 Å². The Balaban J connectivity index is 1.71. The Hall–Kier alpha value is -1.55. The summed E-state index contributed by atoms with van der Waals surface area (Å²) in [4.78, 5) is 13.7. The topological polar surface area (TPSA) is 44.4 Å². The van der Waals surface area contributed by atoms with Crippen LogP contribution in [0.15, 0.2) is 18.2 Å². The summed E-state index contributed by atoms with van der Waals surface area (Å²) in [5, 5.41) is 6.22. The van der Waals surface area contributed by atoms with Crippen LogP contribution in [0.1, 0.15) is 30.9 Å². The van der Waals surface area contributed by atoms with Crippen LogP contribution in [0, 0.1) is 0 Å². The van der Waals surface area contributed by atoms with Gasteiger partial charge < -0.3 is 15.5 Å². The summed E-state index contributed by atoms with van der Waals surface area (Å²) in [6.07, 6.45) is 2.68. The number of fused-ring (bicyclic) bond motifs is 1. The number of amides is 1. The monoisotopic (exact) mass is 275 g/mol. The van der Waals surface area contributed by atoms with E-state index in [9.17, 15) is 4.79 Å². The van der Waals surface area contributed by atoms with Gasteiger partial charge in [0, 0.05) is 45.3 Å². The summed E-state index contributed by atoms with van der Waals surface area (Å²) in [6.45, 7) is 5.51. The number of hydrogen-bond acceptors (Lipinski definition) is 3. The van der Waals surface area contributed by atoms with Gasteiger partial charge in [0.05, 0.1) is 0 Å². The van der Waals surface area contributed by atoms with Crippen LogP contribution in [0.2, 0.25) is 0 Å². The highest BCUT2D eigenvalue weighted by atomic mass is 16.1. The van der Waals surface area contributed by atoms with E-state index in [2.05, 4.69) is 47.7 Å². The van der Waals surface area contributed by atoms with E-state index in [4.69, 9.17) is 0 Å². The fraction of sp³-hybridized carbons (Fsp3) is 0.562. The van der Waals surface area contributed by atoms with Crippen molar-refractivity contribution in [3.8, 4) is 0 Å². The molecule has 1 aliphatic rings. The number of likely N-dealkylation sites (N-methyl/N-ethyl adjacent to an activating group) is 1. The third kappa shape index (κ3) is 3.97. The van der Waals surface area contributed by atoms with Gasteiger partial charge in [0.2, 0.25) is 5.91 Å². The lowest BCUT2D eigenvalue weighted by molar-refractivity contribution is -0.120. The lowest BCUT2D eigenvalue weighted by Gasteiger charge is -2.12. The molecule has 1 aromatic carbocycles. The summed E-state index contributed by atoms with van der Waals surface area (Å²) in [7, 11) is 2.14. The number of carbonyl (C=O) groups is 1. The highest BCUT2D eigenvalue weighted by molar-refractivity contribution is 5.75. The van der Waals surface area contributed by atoms with Crippen LogP contribution in [0.3, 0.4) is 0 Å². The highest BCUT2D eigenvalue weighted by Gasteiger charge is 2.15. The van der Waals surface area contributed by atoms with Crippen molar-refractivity contribution in [2.45, 2.75) is 32.7 Å². The van der Waals surface area contributed by atoms with Gasteiger partial charge in [0.15, 0.2) is 0 Å². The van der Waals surface area contributed by atoms with Gasteiger partial charge in [-0.2, -0.15) is 0 Å². The molecule has 2 N–H and O–H groups in total. The molecular formula is C16H25N3O. The number of carbonyl (C=O) groups excluding carboxylic acids is 1. The summed E-state index contributed by atoms with van der Waals surface area (Å²) in [6, 6.07) is 6.65. The molecule has 1 aliphatic heterocycles. The van der Waals surface area contributed by atoms with Crippen LogP contribution in [-0.4, -0.2) is 32.6 Å². The van der Waals surface area contributed by atoms with Crippen LogP contribution >= 0.6 is 0 Å². The predicted octanol–water partition coefficient (Wildman–Crippen LogP) is 1.68. The third-order valence-corrected chi connectivity index (χ3v) is 3.70. The van der Waals surface area contributed by atoms with E-state index >= 15 is 0 Å². The largest absolute Gasteiger partial charge is 0.374 e. The maximum atomic E-state index is 11.4. The zero-order chi connectivity index (χ0) is 14.4. The van der Waals surface area contributed by atoms with Crippen LogP contribution in [-0.2, 0) is 17.8 Å². The van der Waals surface area contributed by atoms with Gasteiger partial charge >= 0.3 is 0 Å². The van der Waals surface area contributed by atoms with Gasteiger partial charge in [-0.05, 0) is 30.0 Å². The second kappa shape index (κ2) is 7.29. The molecule has 2 rings (SSSR count). The SMILES string of the molecule is CCCNC(=O)CCNCc1ccc2c(c1)CCN2C. The van der Waals surface area contributed by atoms with Crippen molar-refractivity contribution >= 4 is 11.6 Å². The molecule has 0 radical (unpaired) electrons. The molecular weight excluding hydrogens is 250 g/mol. The average Bonchev–Trinajstić information content (AvgIpc) is 2.82. The Morgan fingerprint density at radius 3 is 3.00 bits per heavy atom. The first kappa shape index (κ1) is 14.9. The molecule has 0 atom stereocenters. The molecule has 4 heteroatoms.